The third-order valence-electron chi connectivity index (χ3n) is 4.06. The number of carbonyl (C=O) groups excluding carboxylic acids is 4. The van der Waals surface area contributed by atoms with Gasteiger partial charge in [-0.3, -0.25) is 4.79 Å². The summed E-state index contributed by atoms with van der Waals surface area (Å²) in [7, 11) is 0. The standard InChI is InChI=1S/C8H3F6.C8H7O.C6H3F2.C6H7.3CH2O.3CH3.4Pt.3H/c9-7(10,11)5-2-1-3-6(4-5)8(12,13)14;1-7(9)8-5-3-2-4-6-8;7-5-2-1-3-6(8)4-5;1-2-4-6-5-3-1;3*1-2;;;;;;;;;;/h2-4H;3-6H,1H3;1-2,4H;1-5H,6H2;3*1H2;3*1H3;;;;;;;/q4*-1;;;;3*-1;3*+1;+4;;;/i;;;;;;;;;;;;;;3*1+1. The summed E-state index contributed by atoms with van der Waals surface area (Å²) in [6.45, 7) is 7.55. The van der Waals surface area contributed by atoms with Crippen LogP contribution in [0.3, 0.4) is 0 Å². The Morgan fingerprint density at radius 3 is 1.42 bits per heavy atom. The molecule has 16 heteroatoms. The predicted molar refractivity (Wildman–Crippen MR) is 168 cm³/mol. The van der Waals surface area contributed by atoms with Crippen molar-refractivity contribution in [3.8, 4) is 0 Å². The summed E-state index contributed by atoms with van der Waals surface area (Å²) >= 11 is 4.17. The van der Waals surface area contributed by atoms with Crippen molar-refractivity contribution < 1.29 is 138 Å². The van der Waals surface area contributed by atoms with Gasteiger partial charge in [-0.2, -0.15) is 80.9 Å². The van der Waals surface area contributed by atoms with Crippen LogP contribution in [0.15, 0.2) is 85.0 Å². The number of halogens is 8. The Kier molecular flexibility index (Phi) is 56.6. The molecule has 50 heavy (non-hydrogen) atoms. The number of benzene rings is 3. The average molecular weight is 1450 g/mol. The number of hydrogen-bond donors (Lipinski definition) is 0. The number of carbonyl (C=O) groups is 4. The van der Waals surface area contributed by atoms with Gasteiger partial charge in [0, 0.05) is 11.6 Å². The van der Waals surface area contributed by atoms with Crippen molar-refractivity contribution in [3.05, 3.63) is 160 Å². The molecule has 0 unspecified atom stereocenters. The summed E-state index contributed by atoms with van der Waals surface area (Å²) in [6.07, 6.45) is 1.94. The fourth-order valence-corrected chi connectivity index (χ4v) is 2.29. The van der Waals surface area contributed by atoms with Gasteiger partial charge in [0.2, 0.25) is 0 Å². The first kappa shape index (κ1) is 63.0. The fraction of sp³-hybridized carbons (Fsp3) is 0.118. The minimum absolute atomic E-state index is 0. The van der Waals surface area contributed by atoms with Gasteiger partial charge < -0.3 is 36.7 Å². The first-order chi connectivity index (χ1) is 23.3. The molecule has 3 aromatic rings. The van der Waals surface area contributed by atoms with Gasteiger partial charge in [0.1, 0.15) is 26.2 Å². The second-order valence-corrected chi connectivity index (χ2v) is 6.99. The molecule has 0 amide bonds. The molecular formula is C34H38F8O4Pt4. The van der Waals surface area contributed by atoms with Crippen LogP contribution in [0.2, 0.25) is 0 Å². The molecule has 0 saturated carbocycles. The van der Waals surface area contributed by atoms with Crippen molar-refractivity contribution in [1.82, 2.24) is 0 Å². The van der Waals surface area contributed by atoms with Crippen LogP contribution in [0, 0.1) is 58.5 Å². The summed E-state index contributed by atoms with van der Waals surface area (Å²) in [4.78, 5) is 34.6. The van der Waals surface area contributed by atoms with E-state index in [2.05, 4.69) is 36.8 Å². The maximum atomic E-state index is 12.0. The molecule has 3 aromatic carbocycles. The molecule has 4 rings (SSSR count). The van der Waals surface area contributed by atoms with Crippen LogP contribution in [-0.2, 0) is 110 Å². The molecule has 0 saturated heterocycles. The molecular weight excluding hydrogens is 1400 g/mol. The number of ketones is 1. The maximum Gasteiger partial charge on any atom is 4.00 e. The van der Waals surface area contributed by atoms with Gasteiger partial charge in [0.15, 0.2) is 0 Å². The normalized spacial score (nSPS) is 9.54. The Morgan fingerprint density at radius 2 is 1.20 bits per heavy atom. The average Bonchev–Trinajstić information content (AvgIpc) is 3.14. The zero-order valence-electron chi connectivity index (χ0n) is 29.9. The van der Waals surface area contributed by atoms with Crippen LogP contribution in [0.5, 0.6) is 0 Å². The van der Waals surface area contributed by atoms with Crippen LogP contribution in [0.25, 0.3) is 0 Å². The Balaban J connectivity index is -0.0000000530. The van der Waals surface area contributed by atoms with Crippen molar-refractivity contribution in [3.63, 3.8) is 0 Å². The summed E-state index contributed by atoms with van der Waals surface area (Å²) in [5.41, 5.74) is -1.96. The van der Waals surface area contributed by atoms with E-state index < -0.39 is 35.1 Å². The van der Waals surface area contributed by atoms with Crippen molar-refractivity contribution in [1.29, 1.82) is 2.25 Å². The van der Waals surface area contributed by atoms with E-state index in [4.69, 9.17) is 16.6 Å². The molecule has 0 N–H and O–H groups in total. The molecule has 0 aliphatic heterocycles. The number of allylic oxidation sites excluding steroid dienone is 4. The van der Waals surface area contributed by atoms with Crippen molar-refractivity contribution in [2.24, 2.45) is 0 Å². The van der Waals surface area contributed by atoms with E-state index in [0.29, 0.717) is 12.1 Å². The summed E-state index contributed by atoms with van der Waals surface area (Å²) < 4.78 is 113. The molecule has 0 bridgehead atoms. The molecule has 0 fully saturated rings. The number of hydrogen-bond acceptors (Lipinski definition) is 4. The summed E-state index contributed by atoms with van der Waals surface area (Å²) in [5.74, 6) is -1.13. The van der Waals surface area contributed by atoms with E-state index in [-0.39, 0.29) is 55.2 Å². The smallest absolute Gasteiger partial charge is 0.358 e. The molecule has 0 heterocycles. The molecule has 0 spiro atoms. The van der Waals surface area contributed by atoms with Gasteiger partial charge in [0.25, 0.3) is 0 Å². The Bertz CT molecular complexity index is 1180. The summed E-state index contributed by atoms with van der Waals surface area (Å²) in [6, 6.07) is 17.9. The van der Waals surface area contributed by atoms with Crippen LogP contribution in [0.4, 0.5) is 35.1 Å². The van der Waals surface area contributed by atoms with Gasteiger partial charge in [0.05, 0.1) is 0 Å². The SMILES string of the molecule is C1=C[CH-]CC=C1.C=O.C=O.C=O.CC(=O)c1cc[c-]cc1.FC(F)(F)c1c[c-]cc(C(F)(F)F)c1.Fc1[c-]ccc(F)c1.[2H][Pt+].[2H][Pt+].[2H][Pt+].[CH3-].[CH3-].[CH3-].[Pt+4]. The minimum atomic E-state index is -4.78. The minimum Gasteiger partial charge on any atom is -0.358 e. The van der Waals surface area contributed by atoms with Crippen molar-refractivity contribution >= 4 is 26.2 Å². The third kappa shape index (κ3) is 40.3. The quantitative estimate of drug-likeness (QED) is 0.139. The van der Waals surface area contributed by atoms with Crippen LogP contribution in [0.1, 0.15) is 34.8 Å². The van der Waals surface area contributed by atoms with Gasteiger partial charge in [-0.25, -0.2) is 27.4 Å². The third-order valence-corrected chi connectivity index (χ3v) is 4.06. The second kappa shape index (κ2) is 44.9. The molecule has 0 aromatic heterocycles. The molecule has 294 valence electrons. The van der Waals surface area contributed by atoms with E-state index >= 15 is 0 Å². The zero-order chi connectivity index (χ0) is 39.9. The monoisotopic (exact) mass is 1450 g/mol. The molecule has 0 radical (unpaired) electrons. The zero-order valence-corrected chi connectivity index (χ0v) is 36.0. The van der Waals surface area contributed by atoms with E-state index in [1.54, 1.807) is 37.3 Å². The maximum absolute atomic E-state index is 12.0. The van der Waals surface area contributed by atoms with Gasteiger partial charge in [-0.05, 0) is 6.92 Å². The first-order valence-corrected chi connectivity index (χ1v) is 11.3. The van der Waals surface area contributed by atoms with E-state index in [9.17, 15) is 39.9 Å². The van der Waals surface area contributed by atoms with Crippen LogP contribution in [-0.4, -0.2) is 28.4 Å². The van der Waals surface area contributed by atoms with Crippen LogP contribution >= 0.6 is 0 Å². The Labute approximate surface area is 349 Å². The van der Waals surface area contributed by atoms with E-state index in [1.165, 1.54) is 68.7 Å². The Morgan fingerprint density at radius 1 is 0.760 bits per heavy atom. The van der Waals surface area contributed by atoms with E-state index in [1.807, 2.05) is 26.4 Å². The summed E-state index contributed by atoms with van der Waals surface area (Å²) in [5, 5.41) is 0. The molecule has 1 aliphatic rings. The Hall–Kier alpha value is -2.12. The predicted octanol–water partition coefficient (Wildman–Crippen LogP) is 8.67. The van der Waals surface area contributed by atoms with Crippen molar-refractivity contribution in [2.75, 3.05) is 0 Å². The molecule has 4 nitrogen and oxygen atoms in total. The topological polar surface area (TPSA) is 68.3 Å². The number of rotatable bonds is 1. The molecule has 1 aliphatic carbocycles. The number of Topliss-reactive ketones (excluding diaryl/α,β-unsaturated/α-hetero) is 1. The molecule has 0 atom stereocenters. The van der Waals surface area contributed by atoms with Gasteiger partial charge in [-0.1, -0.05) is 23.1 Å². The van der Waals surface area contributed by atoms with Crippen molar-refractivity contribution in [2.45, 2.75) is 25.7 Å². The first-order valence-electron chi connectivity index (χ1n) is 12.2. The van der Waals surface area contributed by atoms with Gasteiger partial charge >= 0.3 is 98.3 Å². The second-order valence-electron chi connectivity index (χ2n) is 6.99. The van der Waals surface area contributed by atoms with Gasteiger partial charge in [-0.15, -0.1) is 36.4 Å². The van der Waals surface area contributed by atoms with E-state index in [0.717, 1.165) is 24.1 Å². The number of alkyl halides is 6. The van der Waals surface area contributed by atoms with Crippen LogP contribution < -0.4 is 0 Å². The fourth-order valence-electron chi connectivity index (χ4n) is 2.29. The largest absolute Gasteiger partial charge is 4.00 e.